The fraction of sp³-hybridized carbons (Fsp3) is 0.469. The van der Waals surface area contributed by atoms with Crippen LogP contribution in [-0.4, -0.2) is 78.7 Å². The summed E-state index contributed by atoms with van der Waals surface area (Å²) < 4.78 is 69.2. The standard InChI is InChI=1S/C18H20ClF2NO5.C14H14ClF2NO4/c1-3-27-16(24)9-15(23)10-4-5-22(18(25)26-2)14(8-10)11-6-12(20)17(19)13(21)7-11;1-22-14(21)18-3-2-7(13(19)20)6-11(18)8-4-9(16)12(15)10(17)5-8/h6-7,10,14H,3-5,8-9H2,1-2H3;4-5,7,11H,2-3,6H2,1H3,(H,19,20)/t10-,14+;/m1./s1. The van der Waals surface area contributed by atoms with Gasteiger partial charge in [-0.15, -0.1) is 0 Å². The first-order valence-corrected chi connectivity index (χ1v) is 15.8. The molecule has 2 heterocycles. The SMILES string of the molecule is CCOC(=O)CC(=O)[C@@H]1CCN(C(=O)OC)[C@H](c2cc(F)c(Cl)c(F)c2)C1.COC(=O)N1CCC(C(=O)O)CC1c1cc(F)c(Cl)c(F)c1. The highest BCUT2D eigenvalue weighted by Crippen LogP contribution is 2.38. The Bertz CT molecular complexity index is 1540. The van der Waals surface area contributed by atoms with Crippen molar-refractivity contribution in [1.29, 1.82) is 0 Å². The average molecular weight is 738 g/mol. The third-order valence-electron chi connectivity index (χ3n) is 8.23. The number of ether oxygens (including phenoxy) is 3. The van der Waals surface area contributed by atoms with Crippen LogP contribution in [0.3, 0.4) is 0 Å². The summed E-state index contributed by atoms with van der Waals surface area (Å²) >= 11 is 11.0. The number of ketones is 1. The Morgan fingerprint density at radius 3 is 1.51 bits per heavy atom. The van der Waals surface area contributed by atoms with Gasteiger partial charge in [0.2, 0.25) is 0 Å². The number of esters is 1. The first kappa shape index (κ1) is 39.3. The van der Waals surface area contributed by atoms with E-state index in [2.05, 4.69) is 4.74 Å². The number of carbonyl (C=O) groups is 5. The number of benzene rings is 2. The predicted octanol–water partition coefficient (Wildman–Crippen LogP) is 6.88. The van der Waals surface area contributed by atoms with Crippen molar-refractivity contribution in [2.45, 2.75) is 51.1 Å². The number of nitrogens with zero attached hydrogens (tertiary/aromatic N) is 2. The van der Waals surface area contributed by atoms with E-state index in [-0.39, 0.29) is 62.3 Å². The minimum atomic E-state index is -1.01. The lowest BCUT2D eigenvalue weighted by Gasteiger charge is -2.38. The zero-order chi connectivity index (χ0) is 36.6. The topological polar surface area (TPSA) is 140 Å². The Hall–Kier alpha value is -4.11. The van der Waals surface area contributed by atoms with E-state index in [1.165, 1.54) is 24.0 Å². The second-order valence-corrected chi connectivity index (χ2v) is 11.9. The second-order valence-electron chi connectivity index (χ2n) is 11.2. The number of methoxy groups -OCH3 is 2. The van der Waals surface area contributed by atoms with E-state index in [1.807, 2.05) is 0 Å². The van der Waals surface area contributed by atoms with Crippen LogP contribution in [0, 0.1) is 35.1 Å². The van der Waals surface area contributed by atoms with Crippen LogP contribution in [-0.2, 0) is 28.6 Å². The average Bonchev–Trinajstić information content (AvgIpc) is 3.08. The van der Waals surface area contributed by atoms with Gasteiger partial charge in [0.25, 0.3) is 0 Å². The van der Waals surface area contributed by atoms with E-state index in [0.717, 1.165) is 24.3 Å². The largest absolute Gasteiger partial charge is 0.481 e. The van der Waals surface area contributed by atoms with E-state index in [0.29, 0.717) is 6.42 Å². The summed E-state index contributed by atoms with van der Waals surface area (Å²) in [5.41, 5.74) is 0.309. The van der Waals surface area contributed by atoms with Crippen LogP contribution < -0.4 is 0 Å². The van der Waals surface area contributed by atoms with Gasteiger partial charge >= 0.3 is 24.1 Å². The molecule has 2 aromatic rings. The molecule has 1 N–H and O–H groups in total. The van der Waals surface area contributed by atoms with Gasteiger partial charge in [-0.1, -0.05) is 23.2 Å². The minimum absolute atomic E-state index is 0.0466. The molecule has 0 radical (unpaired) electrons. The predicted molar refractivity (Wildman–Crippen MR) is 166 cm³/mol. The molecule has 17 heteroatoms. The van der Waals surface area contributed by atoms with Crippen molar-refractivity contribution in [3.8, 4) is 0 Å². The van der Waals surface area contributed by atoms with Crippen molar-refractivity contribution in [3.63, 3.8) is 0 Å². The maximum atomic E-state index is 13.9. The monoisotopic (exact) mass is 736 g/mol. The Morgan fingerprint density at radius 2 is 1.14 bits per heavy atom. The first-order valence-electron chi connectivity index (χ1n) is 15.0. The third-order valence-corrected chi connectivity index (χ3v) is 8.96. The number of carboxylic acid groups (broad SMARTS) is 1. The highest BCUT2D eigenvalue weighted by molar-refractivity contribution is 6.31. The zero-order valence-corrected chi connectivity index (χ0v) is 28.2. The number of halogens is 6. The molecule has 0 bridgehead atoms. The molecule has 4 atom stereocenters. The lowest BCUT2D eigenvalue weighted by atomic mass is 9.84. The number of rotatable bonds is 7. The van der Waals surface area contributed by atoms with Crippen molar-refractivity contribution < 1.29 is 60.9 Å². The fourth-order valence-corrected chi connectivity index (χ4v) is 6.00. The highest BCUT2D eigenvalue weighted by atomic mass is 35.5. The summed E-state index contributed by atoms with van der Waals surface area (Å²) in [7, 11) is 2.38. The van der Waals surface area contributed by atoms with Gasteiger partial charge in [-0.25, -0.2) is 27.2 Å². The van der Waals surface area contributed by atoms with Crippen molar-refractivity contribution in [2.24, 2.45) is 11.8 Å². The smallest absolute Gasteiger partial charge is 0.409 e. The molecule has 2 aliphatic heterocycles. The minimum Gasteiger partial charge on any atom is -0.481 e. The zero-order valence-electron chi connectivity index (χ0n) is 26.7. The molecule has 2 aliphatic rings. The summed E-state index contributed by atoms with van der Waals surface area (Å²) in [5, 5.41) is 7.85. The van der Waals surface area contributed by atoms with Crippen LogP contribution in [0.25, 0.3) is 0 Å². The Kier molecular flexibility index (Phi) is 14.1. The number of piperidine rings is 2. The van der Waals surface area contributed by atoms with Gasteiger partial charge < -0.3 is 29.1 Å². The maximum Gasteiger partial charge on any atom is 0.409 e. The maximum absolute atomic E-state index is 13.9. The summed E-state index contributed by atoms with van der Waals surface area (Å²) in [5.74, 6) is -7.07. The number of hydrogen-bond acceptors (Lipinski definition) is 8. The van der Waals surface area contributed by atoms with E-state index < -0.39 is 81.4 Å². The van der Waals surface area contributed by atoms with Gasteiger partial charge in [-0.05, 0) is 68.0 Å². The van der Waals surface area contributed by atoms with Crippen LogP contribution in [0.15, 0.2) is 24.3 Å². The van der Waals surface area contributed by atoms with Gasteiger partial charge in [0, 0.05) is 19.0 Å². The number of hydrogen-bond donors (Lipinski definition) is 1. The Labute approximate surface area is 289 Å². The summed E-state index contributed by atoms with van der Waals surface area (Å²) in [4.78, 5) is 61.5. The molecule has 2 unspecified atom stereocenters. The molecule has 0 aliphatic carbocycles. The van der Waals surface area contributed by atoms with E-state index >= 15 is 0 Å². The number of amides is 2. The van der Waals surface area contributed by atoms with Crippen LogP contribution >= 0.6 is 23.2 Å². The van der Waals surface area contributed by atoms with Crippen LogP contribution in [0.1, 0.15) is 62.2 Å². The molecule has 2 aromatic carbocycles. The molecule has 0 aromatic heterocycles. The fourth-order valence-electron chi connectivity index (χ4n) is 5.78. The lowest BCUT2D eigenvalue weighted by molar-refractivity contribution is -0.147. The second kappa shape index (κ2) is 17.5. The molecule has 0 spiro atoms. The normalized spacial score (nSPS) is 20.4. The number of carboxylic acids is 1. The van der Waals surface area contributed by atoms with Crippen LogP contribution in [0.4, 0.5) is 27.2 Å². The molecule has 2 saturated heterocycles. The first-order chi connectivity index (χ1) is 23.1. The van der Waals surface area contributed by atoms with Crippen molar-refractivity contribution >= 4 is 53.1 Å². The number of Topliss-reactive ketones (excluding diaryl/α,β-unsaturated/α-hetero) is 1. The van der Waals surface area contributed by atoms with E-state index in [4.69, 9.17) is 37.8 Å². The van der Waals surface area contributed by atoms with Crippen molar-refractivity contribution in [3.05, 3.63) is 68.7 Å². The molecule has 2 amide bonds. The highest BCUT2D eigenvalue weighted by Gasteiger charge is 2.38. The number of carbonyl (C=O) groups excluding carboxylic acids is 4. The molecule has 11 nitrogen and oxygen atoms in total. The quantitative estimate of drug-likeness (QED) is 0.106. The third kappa shape index (κ3) is 9.75. The summed E-state index contributed by atoms with van der Waals surface area (Å²) in [6.07, 6.45) is -1.02. The lowest BCUT2D eigenvalue weighted by Crippen LogP contribution is -2.43. The number of likely N-dealkylation sites (tertiary alicyclic amines) is 2. The van der Waals surface area contributed by atoms with Gasteiger partial charge in [-0.2, -0.15) is 0 Å². The Balaban J connectivity index is 0.000000271. The van der Waals surface area contributed by atoms with Gasteiger partial charge in [0.05, 0.1) is 38.8 Å². The van der Waals surface area contributed by atoms with E-state index in [9.17, 15) is 41.5 Å². The Morgan fingerprint density at radius 1 is 0.755 bits per heavy atom. The van der Waals surface area contributed by atoms with Crippen molar-refractivity contribution in [1.82, 2.24) is 9.80 Å². The van der Waals surface area contributed by atoms with Crippen LogP contribution in [0.5, 0.6) is 0 Å². The summed E-state index contributed by atoms with van der Waals surface area (Å²) in [6.45, 7) is 2.07. The molecule has 4 rings (SSSR count). The van der Waals surface area contributed by atoms with Gasteiger partial charge in [0.1, 0.15) is 45.5 Å². The van der Waals surface area contributed by atoms with E-state index in [1.54, 1.807) is 6.92 Å². The molecular formula is C32H34Cl2F4N2O9. The van der Waals surface area contributed by atoms with Crippen molar-refractivity contribution in [2.75, 3.05) is 33.9 Å². The van der Waals surface area contributed by atoms with Gasteiger partial charge in [0.15, 0.2) is 0 Å². The molecular weight excluding hydrogens is 703 g/mol. The van der Waals surface area contributed by atoms with Crippen LogP contribution in [0.2, 0.25) is 10.0 Å². The molecule has 49 heavy (non-hydrogen) atoms. The summed E-state index contributed by atoms with van der Waals surface area (Å²) in [6, 6.07) is 2.51. The number of aliphatic carboxylic acids is 1. The molecule has 268 valence electrons. The van der Waals surface area contributed by atoms with Gasteiger partial charge in [-0.3, -0.25) is 14.4 Å². The molecule has 0 saturated carbocycles. The molecule has 2 fully saturated rings.